The van der Waals surface area contributed by atoms with Gasteiger partial charge in [0.05, 0.1) is 11.7 Å². The molecule has 2 rings (SSSR count). The van der Waals surface area contributed by atoms with Crippen LogP contribution in [-0.4, -0.2) is 42.7 Å². The Kier molecular flexibility index (Phi) is 5.45. The first-order chi connectivity index (χ1) is 11.2. The minimum Gasteiger partial charge on any atom is -0.391 e. The quantitative estimate of drug-likeness (QED) is 0.655. The third kappa shape index (κ3) is 4.68. The van der Waals surface area contributed by atoms with E-state index in [4.69, 9.17) is 0 Å². The van der Waals surface area contributed by atoms with E-state index < -0.39 is 29.7 Å². The highest BCUT2D eigenvalue weighted by molar-refractivity contribution is 5.97. The van der Waals surface area contributed by atoms with Gasteiger partial charge in [-0.05, 0) is 18.2 Å². The van der Waals surface area contributed by atoms with Gasteiger partial charge in [0.15, 0.2) is 0 Å². The molecule has 0 aliphatic carbocycles. The smallest absolute Gasteiger partial charge is 0.391 e. The topological polar surface area (TPSA) is 90.5 Å². The summed E-state index contributed by atoms with van der Waals surface area (Å²) in [6, 6.07) is 2.67. The van der Waals surface area contributed by atoms with Crippen LogP contribution in [0.25, 0.3) is 0 Å². The van der Waals surface area contributed by atoms with Gasteiger partial charge in [0, 0.05) is 43.7 Å². The van der Waals surface area contributed by atoms with Gasteiger partial charge in [0.1, 0.15) is 0 Å². The van der Waals surface area contributed by atoms with Crippen LogP contribution < -0.4 is 16.0 Å². The molecule has 0 spiro atoms. The van der Waals surface area contributed by atoms with E-state index in [1.807, 2.05) is 0 Å². The van der Waals surface area contributed by atoms with Crippen molar-refractivity contribution >= 4 is 17.5 Å². The lowest BCUT2D eigenvalue weighted by Crippen LogP contribution is -2.34. The highest BCUT2D eigenvalue weighted by atomic mass is 19.4. The Balaban J connectivity index is 2.17. The van der Waals surface area contributed by atoms with Crippen LogP contribution in [0.4, 0.5) is 18.9 Å². The Bertz CT molecular complexity index is 634. The summed E-state index contributed by atoms with van der Waals surface area (Å²) in [5.41, 5.74) is -1.35. The molecule has 6 nitrogen and oxygen atoms in total. The fourth-order valence-corrected chi connectivity index (χ4v) is 2.45. The molecule has 1 aromatic carbocycles. The number of rotatable bonds is 4. The van der Waals surface area contributed by atoms with Gasteiger partial charge < -0.3 is 21.1 Å². The highest BCUT2D eigenvalue weighted by Crippen LogP contribution is 2.32. The average molecular weight is 345 g/mol. The first kappa shape index (κ1) is 18.2. The van der Waals surface area contributed by atoms with Crippen LogP contribution in [-0.2, 0) is 11.0 Å². The van der Waals surface area contributed by atoms with Crippen molar-refractivity contribution in [2.24, 2.45) is 5.92 Å². The molecule has 0 aromatic heterocycles. The molecule has 0 radical (unpaired) electrons. The van der Waals surface area contributed by atoms with Crippen LogP contribution in [0.1, 0.15) is 22.8 Å². The second-order valence-corrected chi connectivity index (χ2v) is 5.67. The van der Waals surface area contributed by atoms with Crippen molar-refractivity contribution in [2.75, 3.05) is 25.0 Å². The molecule has 1 fully saturated rings. The third-order valence-corrected chi connectivity index (χ3v) is 3.67. The van der Waals surface area contributed by atoms with E-state index in [0.29, 0.717) is 13.1 Å². The van der Waals surface area contributed by atoms with E-state index >= 15 is 0 Å². The molecule has 1 aliphatic heterocycles. The van der Waals surface area contributed by atoms with Gasteiger partial charge in [-0.3, -0.25) is 9.59 Å². The molecule has 24 heavy (non-hydrogen) atoms. The van der Waals surface area contributed by atoms with Crippen LogP contribution in [0, 0.1) is 5.92 Å². The first-order valence-electron chi connectivity index (χ1n) is 7.33. The number of carbonyl (C=O) groups is 2. The van der Waals surface area contributed by atoms with E-state index in [2.05, 4.69) is 16.0 Å². The zero-order valence-electron chi connectivity index (χ0n) is 12.9. The molecular formula is C15H18F3N3O3. The lowest BCUT2D eigenvalue weighted by molar-refractivity contribution is -0.137. The zero-order valence-corrected chi connectivity index (χ0v) is 12.9. The highest BCUT2D eigenvalue weighted by Gasteiger charge is 2.32. The second kappa shape index (κ2) is 7.18. The van der Waals surface area contributed by atoms with E-state index in [1.54, 1.807) is 0 Å². The molecule has 1 heterocycles. The largest absolute Gasteiger partial charge is 0.416 e. The molecule has 1 aliphatic rings. The van der Waals surface area contributed by atoms with Gasteiger partial charge in [-0.2, -0.15) is 13.2 Å². The molecule has 4 N–H and O–H groups in total. The maximum absolute atomic E-state index is 12.9. The summed E-state index contributed by atoms with van der Waals surface area (Å²) in [5.74, 6) is -1.44. The summed E-state index contributed by atoms with van der Waals surface area (Å²) in [7, 11) is 0. The summed E-state index contributed by atoms with van der Waals surface area (Å²) in [6.45, 7) is 2.23. The van der Waals surface area contributed by atoms with Crippen LogP contribution >= 0.6 is 0 Å². The van der Waals surface area contributed by atoms with E-state index in [9.17, 15) is 27.9 Å². The van der Waals surface area contributed by atoms with Crippen molar-refractivity contribution < 1.29 is 27.9 Å². The number of carbonyl (C=O) groups excluding carboxylic acids is 2. The lowest BCUT2D eigenvalue weighted by Gasteiger charge is -2.16. The second-order valence-electron chi connectivity index (χ2n) is 5.67. The fourth-order valence-electron chi connectivity index (χ4n) is 2.45. The predicted octanol–water partition coefficient (Wildman–Crippen LogP) is 0.974. The number of anilines is 1. The number of amides is 2. The molecule has 0 saturated carbocycles. The molecule has 2 atom stereocenters. The molecule has 2 amide bonds. The average Bonchev–Trinajstić information content (AvgIpc) is 2.88. The summed E-state index contributed by atoms with van der Waals surface area (Å²) >= 11 is 0. The normalized spacial score (nSPS) is 20.7. The van der Waals surface area contributed by atoms with Crippen LogP contribution in [0.5, 0.6) is 0 Å². The van der Waals surface area contributed by atoms with E-state index in [1.165, 1.54) is 6.07 Å². The van der Waals surface area contributed by atoms with Crippen molar-refractivity contribution in [3.8, 4) is 0 Å². The van der Waals surface area contributed by atoms with Gasteiger partial charge >= 0.3 is 6.18 Å². The van der Waals surface area contributed by atoms with Gasteiger partial charge in [-0.25, -0.2) is 0 Å². The van der Waals surface area contributed by atoms with Crippen molar-refractivity contribution in [3.63, 3.8) is 0 Å². The Hall–Kier alpha value is -2.13. The fraction of sp³-hybridized carbons (Fsp3) is 0.467. The van der Waals surface area contributed by atoms with Gasteiger partial charge in [-0.1, -0.05) is 0 Å². The summed E-state index contributed by atoms with van der Waals surface area (Å²) < 4.78 is 38.8. The van der Waals surface area contributed by atoms with Crippen molar-refractivity contribution in [1.82, 2.24) is 10.6 Å². The summed E-state index contributed by atoms with van der Waals surface area (Å²) in [5, 5.41) is 17.4. The van der Waals surface area contributed by atoms with Crippen molar-refractivity contribution in [1.29, 1.82) is 0 Å². The minimum absolute atomic E-state index is 0.106. The predicted molar refractivity (Wildman–Crippen MR) is 80.4 cm³/mol. The number of hydrogen-bond acceptors (Lipinski definition) is 4. The Morgan fingerprint density at radius 3 is 2.54 bits per heavy atom. The van der Waals surface area contributed by atoms with Gasteiger partial charge in [-0.15, -0.1) is 0 Å². The SMILES string of the molecule is CC(=O)Nc1cc(C(=O)NCC2CNCC2O)cc(C(F)(F)F)c1. The number of aliphatic hydroxyl groups is 1. The monoisotopic (exact) mass is 345 g/mol. The van der Waals surface area contributed by atoms with Crippen LogP contribution in [0.15, 0.2) is 18.2 Å². The Morgan fingerprint density at radius 2 is 2.00 bits per heavy atom. The zero-order chi connectivity index (χ0) is 17.9. The number of aliphatic hydroxyl groups excluding tert-OH is 1. The first-order valence-corrected chi connectivity index (χ1v) is 7.33. The summed E-state index contributed by atoms with van der Waals surface area (Å²) in [4.78, 5) is 23.2. The van der Waals surface area contributed by atoms with Crippen molar-refractivity contribution in [3.05, 3.63) is 29.3 Å². The van der Waals surface area contributed by atoms with E-state index in [0.717, 1.165) is 19.1 Å². The van der Waals surface area contributed by atoms with E-state index in [-0.39, 0.29) is 23.7 Å². The van der Waals surface area contributed by atoms with Crippen molar-refractivity contribution in [2.45, 2.75) is 19.2 Å². The summed E-state index contributed by atoms with van der Waals surface area (Å²) in [6.07, 6.45) is -5.25. The molecule has 2 unspecified atom stereocenters. The Labute approximate surface area is 136 Å². The maximum atomic E-state index is 12.9. The lowest BCUT2D eigenvalue weighted by atomic mass is 10.1. The molecule has 9 heteroatoms. The molecule has 1 aromatic rings. The van der Waals surface area contributed by atoms with Gasteiger partial charge in [0.25, 0.3) is 5.91 Å². The third-order valence-electron chi connectivity index (χ3n) is 3.67. The minimum atomic E-state index is -4.64. The Morgan fingerprint density at radius 1 is 1.29 bits per heavy atom. The number of nitrogens with one attached hydrogen (secondary N) is 3. The number of alkyl halides is 3. The molecule has 1 saturated heterocycles. The molecule has 132 valence electrons. The number of halogens is 3. The standard InChI is InChI=1S/C15H18F3N3O3/c1-8(22)21-12-3-9(2-11(4-12)15(16,17)18)14(24)20-6-10-5-19-7-13(10)23/h2-4,10,13,19,23H,5-7H2,1H3,(H,20,24)(H,21,22). The molecule has 0 bridgehead atoms. The maximum Gasteiger partial charge on any atom is 0.416 e. The molecular weight excluding hydrogens is 327 g/mol. The number of β-amino-alcohol motifs (C(OH)–C–C–N with tert-alkyl or cyclic N) is 1. The number of hydrogen-bond donors (Lipinski definition) is 4. The van der Waals surface area contributed by atoms with Crippen LogP contribution in [0.2, 0.25) is 0 Å². The van der Waals surface area contributed by atoms with Crippen LogP contribution in [0.3, 0.4) is 0 Å². The van der Waals surface area contributed by atoms with Gasteiger partial charge in [0.2, 0.25) is 5.91 Å². The number of benzene rings is 1.